The molecule has 6 nitrogen and oxygen atoms in total. The first-order chi connectivity index (χ1) is 12.3. The van der Waals surface area contributed by atoms with Crippen molar-refractivity contribution in [1.82, 2.24) is 9.88 Å². The maximum Gasteiger partial charge on any atom is 0.198 e. The van der Waals surface area contributed by atoms with E-state index in [2.05, 4.69) is 4.98 Å². The van der Waals surface area contributed by atoms with Crippen LogP contribution in [0.3, 0.4) is 0 Å². The molecule has 4 rings (SSSR count). The van der Waals surface area contributed by atoms with Gasteiger partial charge in [0.1, 0.15) is 11.3 Å². The van der Waals surface area contributed by atoms with Gasteiger partial charge < -0.3 is 14.1 Å². The molecule has 1 aliphatic carbocycles. The molecule has 1 aliphatic heterocycles. The van der Waals surface area contributed by atoms with Gasteiger partial charge >= 0.3 is 0 Å². The summed E-state index contributed by atoms with van der Waals surface area (Å²) in [4.78, 5) is 6.65. The second kappa shape index (κ2) is 6.16. The van der Waals surface area contributed by atoms with E-state index >= 15 is 0 Å². The number of nitrogens with zero attached hydrogens (tertiary/aromatic N) is 2. The van der Waals surface area contributed by atoms with Crippen LogP contribution >= 0.6 is 0 Å². The van der Waals surface area contributed by atoms with Gasteiger partial charge in [0.15, 0.2) is 21.3 Å². The number of hydrogen-bond donors (Lipinski definition) is 0. The first kappa shape index (κ1) is 17.1. The van der Waals surface area contributed by atoms with Gasteiger partial charge in [-0.25, -0.2) is 13.4 Å². The third-order valence-electron chi connectivity index (χ3n) is 4.58. The molecule has 0 amide bonds. The molecular weight excluding hydrogens is 352 g/mol. The summed E-state index contributed by atoms with van der Waals surface area (Å²) in [5.74, 6) is 1.96. The van der Waals surface area contributed by atoms with E-state index in [4.69, 9.17) is 9.15 Å². The molecule has 2 aliphatic rings. The van der Waals surface area contributed by atoms with Crippen molar-refractivity contribution in [2.45, 2.75) is 24.5 Å². The Bertz CT molecular complexity index is 1030. The van der Waals surface area contributed by atoms with Crippen LogP contribution in [0.25, 0.3) is 16.7 Å². The molecular formula is C19H22N2O4S. The lowest BCUT2D eigenvalue weighted by molar-refractivity contribution is 0.254. The van der Waals surface area contributed by atoms with Crippen molar-refractivity contribution in [2.24, 2.45) is 0 Å². The Morgan fingerprint density at radius 3 is 2.77 bits per heavy atom. The minimum Gasteiger partial charge on any atom is -0.499 e. The lowest BCUT2D eigenvalue weighted by atomic mass is 10.0. The zero-order valence-electron chi connectivity index (χ0n) is 15.2. The highest BCUT2D eigenvalue weighted by Crippen LogP contribution is 2.42. The Balaban J connectivity index is 1.89. The molecule has 1 fully saturated rings. The van der Waals surface area contributed by atoms with Crippen LogP contribution in [0.15, 0.2) is 34.6 Å². The smallest absolute Gasteiger partial charge is 0.198 e. The van der Waals surface area contributed by atoms with Crippen LogP contribution in [-0.4, -0.2) is 45.3 Å². The van der Waals surface area contributed by atoms with Gasteiger partial charge in [-0.15, -0.1) is 0 Å². The van der Waals surface area contributed by atoms with Gasteiger partial charge in [-0.05, 0) is 36.6 Å². The summed E-state index contributed by atoms with van der Waals surface area (Å²) in [6.45, 7) is 0.690. The summed E-state index contributed by atoms with van der Waals surface area (Å²) in [5.41, 5.74) is 3.91. The highest BCUT2D eigenvalue weighted by Gasteiger charge is 2.30. The molecule has 2 aromatic rings. The predicted octanol–water partition coefficient (Wildman–Crippen LogP) is 3.07. The average Bonchev–Trinajstić information content (AvgIpc) is 3.32. The van der Waals surface area contributed by atoms with Gasteiger partial charge in [0.05, 0.1) is 19.4 Å². The number of oxazole rings is 1. The zero-order valence-corrected chi connectivity index (χ0v) is 16.0. The fourth-order valence-corrected chi connectivity index (χ4v) is 4.04. The minimum absolute atomic E-state index is 0.0223. The number of rotatable bonds is 5. The van der Waals surface area contributed by atoms with E-state index in [9.17, 15) is 8.42 Å². The third-order valence-corrected chi connectivity index (χ3v) is 5.43. The molecule has 2 heterocycles. The van der Waals surface area contributed by atoms with Crippen molar-refractivity contribution >= 4 is 26.5 Å². The maximum absolute atomic E-state index is 11.8. The van der Waals surface area contributed by atoms with Crippen molar-refractivity contribution < 1.29 is 17.6 Å². The van der Waals surface area contributed by atoms with Crippen LogP contribution in [0.4, 0.5) is 0 Å². The van der Waals surface area contributed by atoms with E-state index in [0.717, 1.165) is 35.6 Å². The summed E-state index contributed by atoms with van der Waals surface area (Å²) in [6, 6.07) is 3.71. The second-order valence-corrected chi connectivity index (χ2v) is 9.34. The van der Waals surface area contributed by atoms with Crippen molar-refractivity contribution in [3.05, 3.63) is 47.2 Å². The van der Waals surface area contributed by atoms with Crippen LogP contribution in [0.1, 0.15) is 35.8 Å². The van der Waals surface area contributed by atoms with Crippen LogP contribution < -0.4 is 0 Å². The number of ether oxygens (including phenoxy) is 1. The number of sulfone groups is 1. The zero-order chi connectivity index (χ0) is 18.5. The molecule has 0 saturated heterocycles. The quantitative estimate of drug-likeness (QED) is 0.801. The minimum atomic E-state index is -3.15. The van der Waals surface area contributed by atoms with Crippen molar-refractivity contribution in [3.8, 4) is 0 Å². The van der Waals surface area contributed by atoms with E-state index in [1.54, 1.807) is 7.11 Å². The van der Waals surface area contributed by atoms with Crippen LogP contribution in [-0.2, 0) is 20.3 Å². The summed E-state index contributed by atoms with van der Waals surface area (Å²) in [6.07, 6.45) is 7.42. The molecule has 0 atom stereocenters. The number of benzene rings is 1. The predicted molar refractivity (Wildman–Crippen MR) is 100 cm³/mol. The summed E-state index contributed by atoms with van der Waals surface area (Å²) >= 11 is 0. The van der Waals surface area contributed by atoms with Crippen molar-refractivity contribution in [2.75, 3.05) is 27.0 Å². The Morgan fingerprint density at radius 2 is 2.12 bits per heavy atom. The third kappa shape index (κ3) is 3.49. The number of aromatic nitrogens is 1. The highest BCUT2D eigenvalue weighted by molar-refractivity contribution is 7.89. The molecule has 1 aromatic heterocycles. The molecule has 1 saturated carbocycles. The summed E-state index contributed by atoms with van der Waals surface area (Å²) in [5, 5.41) is 0. The Morgan fingerprint density at radius 1 is 1.35 bits per heavy atom. The largest absolute Gasteiger partial charge is 0.499 e. The fourth-order valence-electron chi connectivity index (χ4n) is 3.27. The van der Waals surface area contributed by atoms with Gasteiger partial charge in [-0.2, -0.15) is 0 Å². The number of hydrogen-bond acceptors (Lipinski definition) is 6. The number of allylic oxidation sites excluding steroid dienone is 2. The van der Waals surface area contributed by atoms with Gasteiger partial charge in [0.2, 0.25) is 0 Å². The molecule has 0 bridgehead atoms. The van der Waals surface area contributed by atoms with E-state index in [-0.39, 0.29) is 5.75 Å². The molecule has 0 radical (unpaired) electrons. The van der Waals surface area contributed by atoms with Crippen LogP contribution in [0.5, 0.6) is 0 Å². The lowest BCUT2D eigenvalue weighted by Crippen LogP contribution is -2.19. The van der Waals surface area contributed by atoms with Crippen LogP contribution in [0.2, 0.25) is 0 Å². The Kier molecular flexibility index (Phi) is 4.06. The molecule has 26 heavy (non-hydrogen) atoms. The molecule has 7 heteroatoms. The molecule has 138 valence electrons. The first-order valence-corrected chi connectivity index (χ1v) is 10.7. The standard InChI is InChI=1S/C19H22N2O4S/c1-21-9-14(8-15(10-21)24-2)16-6-12(11-26(3,22)23)7-17-18(16)25-19(20-17)13-4-5-13/h6-9,13H,4-5,10-11H2,1-3H3. The Labute approximate surface area is 153 Å². The monoisotopic (exact) mass is 374 g/mol. The van der Waals surface area contributed by atoms with Crippen LogP contribution in [0, 0.1) is 0 Å². The second-order valence-electron chi connectivity index (χ2n) is 7.20. The molecule has 1 aromatic carbocycles. The van der Waals surface area contributed by atoms with Crippen molar-refractivity contribution in [1.29, 1.82) is 0 Å². The number of likely N-dealkylation sites (N-methyl/N-ethyl adjacent to an activating group) is 1. The van der Waals surface area contributed by atoms with Gasteiger partial charge in [-0.3, -0.25) is 0 Å². The Hall–Kier alpha value is -2.28. The number of methoxy groups -OCH3 is 1. The molecule has 0 unspecified atom stereocenters. The van der Waals surface area contributed by atoms with Gasteiger partial charge in [0, 0.05) is 36.6 Å². The normalized spacial score (nSPS) is 18.0. The highest BCUT2D eigenvalue weighted by atomic mass is 32.2. The van der Waals surface area contributed by atoms with E-state index in [1.807, 2.05) is 36.4 Å². The van der Waals surface area contributed by atoms with E-state index in [1.165, 1.54) is 6.26 Å². The topological polar surface area (TPSA) is 72.6 Å². The fraction of sp³-hybridized carbons (Fsp3) is 0.421. The number of fused-ring (bicyclic) bond motifs is 1. The van der Waals surface area contributed by atoms with Crippen molar-refractivity contribution in [3.63, 3.8) is 0 Å². The summed E-state index contributed by atoms with van der Waals surface area (Å²) < 4.78 is 35.1. The van der Waals surface area contributed by atoms with E-state index < -0.39 is 9.84 Å². The SMILES string of the molecule is COC1=CC(c2cc(CS(C)(=O)=O)cc3nc(C4CC4)oc23)=CN(C)C1. The maximum atomic E-state index is 11.8. The first-order valence-electron chi connectivity index (χ1n) is 8.60. The van der Waals surface area contributed by atoms with Gasteiger partial charge in [-0.1, -0.05) is 0 Å². The molecule has 0 N–H and O–H groups in total. The van der Waals surface area contributed by atoms with E-state index in [0.29, 0.717) is 29.1 Å². The average molecular weight is 374 g/mol. The van der Waals surface area contributed by atoms with Gasteiger partial charge in [0.25, 0.3) is 0 Å². The lowest BCUT2D eigenvalue weighted by Gasteiger charge is -2.22. The molecule has 0 spiro atoms. The summed E-state index contributed by atoms with van der Waals surface area (Å²) in [7, 11) is 0.477.